The molecule has 1 N–H and O–H groups in total. The van der Waals surface area contributed by atoms with Crippen molar-refractivity contribution >= 4 is 11.8 Å². The Morgan fingerprint density at radius 3 is 2.71 bits per heavy atom. The third-order valence-corrected chi connectivity index (χ3v) is 3.10. The van der Waals surface area contributed by atoms with Crippen LogP contribution in [-0.4, -0.2) is 36.3 Å². The van der Waals surface area contributed by atoms with Crippen LogP contribution in [-0.2, 0) is 9.59 Å². The lowest BCUT2D eigenvalue weighted by molar-refractivity contribution is -0.139. The van der Waals surface area contributed by atoms with E-state index in [1.165, 1.54) is 4.90 Å². The fourth-order valence-electron chi connectivity index (χ4n) is 2.37. The van der Waals surface area contributed by atoms with Crippen molar-refractivity contribution in [3.05, 3.63) is 0 Å². The maximum Gasteiger partial charge on any atom is 0.234 e. The minimum Gasteiger partial charge on any atom is -0.316 e. The topological polar surface area (TPSA) is 49.4 Å². The van der Waals surface area contributed by atoms with Gasteiger partial charge in [-0.1, -0.05) is 6.92 Å². The van der Waals surface area contributed by atoms with E-state index in [2.05, 4.69) is 5.32 Å². The number of rotatable bonds is 2. The quantitative estimate of drug-likeness (QED) is 0.632. The second-order valence-electron chi connectivity index (χ2n) is 4.03. The third kappa shape index (κ3) is 1.34. The van der Waals surface area contributed by atoms with E-state index < -0.39 is 0 Å². The van der Waals surface area contributed by atoms with Gasteiger partial charge in [-0.25, -0.2) is 0 Å². The first kappa shape index (κ1) is 9.65. The first-order valence-electron chi connectivity index (χ1n) is 5.31. The van der Waals surface area contributed by atoms with Crippen molar-refractivity contribution in [3.8, 4) is 0 Å². The first-order valence-corrected chi connectivity index (χ1v) is 5.31. The summed E-state index contributed by atoms with van der Waals surface area (Å²) in [6.45, 7) is 4.11. The molecule has 2 heterocycles. The number of imide groups is 1. The Morgan fingerprint density at radius 2 is 2.07 bits per heavy atom. The summed E-state index contributed by atoms with van der Waals surface area (Å²) in [5.41, 5.74) is 0. The van der Waals surface area contributed by atoms with Gasteiger partial charge < -0.3 is 5.32 Å². The number of hydrogen-bond donors (Lipinski definition) is 1. The second kappa shape index (κ2) is 3.69. The highest BCUT2D eigenvalue weighted by molar-refractivity contribution is 6.05. The summed E-state index contributed by atoms with van der Waals surface area (Å²) in [4.78, 5) is 25.1. The number of carbonyl (C=O) groups excluding carboxylic acids is 2. The van der Waals surface area contributed by atoms with Gasteiger partial charge in [-0.05, 0) is 19.4 Å². The van der Waals surface area contributed by atoms with Crippen LogP contribution in [0, 0.1) is 11.8 Å². The fraction of sp³-hybridized carbons (Fsp3) is 0.800. The summed E-state index contributed by atoms with van der Waals surface area (Å²) in [6.07, 6.45) is 1.67. The van der Waals surface area contributed by atoms with Gasteiger partial charge in [0.1, 0.15) is 0 Å². The molecular weight excluding hydrogens is 180 g/mol. The summed E-state index contributed by atoms with van der Waals surface area (Å²) in [6, 6.07) is 0. The van der Waals surface area contributed by atoms with Gasteiger partial charge in [0.2, 0.25) is 11.8 Å². The number of piperidine rings is 1. The molecule has 2 atom stereocenters. The molecular formula is C10H16N2O2. The molecule has 4 nitrogen and oxygen atoms in total. The summed E-state index contributed by atoms with van der Waals surface area (Å²) < 4.78 is 0. The average molecular weight is 196 g/mol. The maximum absolute atomic E-state index is 11.8. The van der Waals surface area contributed by atoms with Crippen LogP contribution < -0.4 is 5.32 Å². The molecule has 2 saturated heterocycles. The number of fused-ring (bicyclic) bond motifs is 1. The fourth-order valence-corrected chi connectivity index (χ4v) is 2.37. The van der Waals surface area contributed by atoms with Gasteiger partial charge in [0.05, 0.1) is 11.8 Å². The molecule has 4 heteroatoms. The smallest absolute Gasteiger partial charge is 0.234 e. The zero-order chi connectivity index (χ0) is 10.1. The largest absolute Gasteiger partial charge is 0.316 e. The Kier molecular flexibility index (Phi) is 2.54. The molecule has 0 saturated carbocycles. The monoisotopic (exact) mass is 196 g/mol. The molecule has 0 unspecified atom stereocenters. The van der Waals surface area contributed by atoms with Crippen LogP contribution >= 0.6 is 0 Å². The Bertz CT molecular complexity index is 241. The normalized spacial score (nSPS) is 32.2. The Hall–Kier alpha value is -0.900. The lowest BCUT2D eigenvalue weighted by Crippen LogP contribution is -2.38. The average Bonchev–Trinajstić information content (AvgIpc) is 2.45. The molecule has 2 fully saturated rings. The van der Waals surface area contributed by atoms with Crippen LogP contribution in [0.3, 0.4) is 0 Å². The molecule has 14 heavy (non-hydrogen) atoms. The second-order valence-corrected chi connectivity index (χ2v) is 4.03. The van der Waals surface area contributed by atoms with Crippen molar-refractivity contribution in [1.29, 1.82) is 0 Å². The predicted octanol–water partition coefficient (Wildman–Crippen LogP) is -0.00910. The Morgan fingerprint density at radius 1 is 1.36 bits per heavy atom. The Labute approximate surface area is 83.6 Å². The van der Waals surface area contributed by atoms with Crippen LogP contribution in [0.5, 0.6) is 0 Å². The van der Waals surface area contributed by atoms with Crippen molar-refractivity contribution in [2.24, 2.45) is 11.8 Å². The zero-order valence-electron chi connectivity index (χ0n) is 8.45. The number of carbonyl (C=O) groups is 2. The number of hydrogen-bond acceptors (Lipinski definition) is 3. The maximum atomic E-state index is 11.8. The standard InChI is InChI=1S/C10H16N2O2/c1-2-5-12-9(13)7-3-4-11-6-8(7)10(12)14/h7-8,11H,2-6H2,1H3/t7-,8-/m0/s1. The van der Waals surface area contributed by atoms with Gasteiger partial charge in [0.15, 0.2) is 0 Å². The van der Waals surface area contributed by atoms with Crippen LogP contribution in [0.2, 0.25) is 0 Å². The molecule has 0 aliphatic carbocycles. The minimum atomic E-state index is -0.0807. The number of nitrogens with zero attached hydrogens (tertiary/aromatic N) is 1. The zero-order valence-corrected chi connectivity index (χ0v) is 8.45. The molecule has 2 aliphatic rings. The van der Waals surface area contributed by atoms with Crippen molar-refractivity contribution in [2.75, 3.05) is 19.6 Å². The van der Waals surface area contributed by atoms with E-state index in [0.29, 0.717) is 13.1 Å². The molecule has 0 bridgehead atoms. The molecule has 0 aromatic rings. The first-order chi connectivity index (χ1) is 6.75. The molecule has 78 valence electrons. The SMILES string of the molecule is CCCN1C(=O)[C@H]2CCNC[C@@H]2C1=O. The van der Waals surface area contributed by atoms with E-state index in [9.17, 15) is 9.59 Å². The van der Waals surface area contributed by atoms with Crippen LogP contribution in [0.25, 0.3) is 0 Å². The lowest BCUT2D eigenvalue weighted by atomic mass is 9.89. The number of nitrogens with one attached hydrogen (secondary N) is 1. The summed E-state index contributed by atoms with van der Waals surface area (Å²) >= 11 is 0. The highest BCUT2D eigenvalue weighted by atomic mass is 16.2. The van der Waals surface area contributed by atoms with Gasteiger partial charge >= 0.3 is 0 Å². The van der Waals surface area contributed by atoms with Crippen molar-refractivity contribution in [3.63, 3.8) is 0 Å². The molecule has 0 radical (unpaired) electrons. The summed E-state index contributed by atoms with van der Waals surface area (Å²) in [5.74, 6) is -0.0181. The van der Waals surface area contributed by atoms with E-state index in [1.54, 1.807) is 0 Å². The van der Waals surface area contributed by atoms with Gasteiger partial charge in [0.25, 0.3) is 0 Å². The van der Waals surface area contributed by atoms with E-state index in [-0.39, 0.29) is 23.7 Å². The molecule has 2 rings (SSSR count). The molecule has 2 amide bonds. The van der Waals surface area contributed by atoms with Gasteiger partial charge in [0, 0.05) is 13.1 Å². The summed E-state index contributed by atoms with van der Waals surface area (Å²) in [5, 5.41) is 3.17. The molecule has 0 aromatic carbocycles. The number of likely N-dealkylation sites (tertiary alicyclic amines) is 1. The van der Waals surface area contributed by atoms with Crippen molar-refractivity contribution < 1.29 is 9.59 Å². The van der Waals surface area contributed by atoms with Gasteiger partial charge in [-0.2, -0.15) is 0 Å². The van der Waals surface area contributed by atoms with Crippen molar-refractivity contribution in [2.45, 2.75) is 19.8 Å². The summed E-state index contributed by atoms with van der Waals surface area (Å²) in [7, 11) is 0. The van der Waals surface area contributed by atoms with E-state index >= 15 is 0 Å². The number of amides is 2. The van der Waals surface area contributed by atoms with Crippen LogP contribution in [0.1, 0.15) is 19.8 Å². The van der Waals surface area contributed by atoms with Gasteiger partial charge in [-0.3, -0.25) is 14.5 Å². The highest BCUT2D eigenvalue weighted by Gasteiger charge is 2.47. The van der Waals surface area contributed by atoms with Crippen molar-refractivity contribution in [1.82, 2.24) is 10.2 Å². The Balaban J connectivity index is 2.15. The van der Waals surface area contributed by atoms with Crippen LogP contribution in [0.4, 0.5) is 0 Å². The minimum absolute atomic E-state index is 0.0321. The van der Waals surface area contributed by atoms with Crippen LogP contribution in [0.15, 0.2) is 0 Å². The molecule has 0 spiro atoms. The van der Waals surface area contributed by atoms with E-state index in [4.69, 9.17) is 0 Å². The highest BCUT2D eigenvalue weighted by Crippen LogP contribution is 2.30. The third-order valence-electron chi connectivity index (χ3n) is 3.10. The molecule has 2 aliphatic heterocycles. The van der Waals surface area contributed by atoms with E-state index in [0.717, 1.165) is 19.4 Å². The lowest BCUT2D eigenvalue weighted by Gasteiger charge is -2.21. The molecule has 0 aromatic heterocycles. The predicted molar refractivity (Wildman–Crippen MR) is 51.5 cm³/mol. The van der Waals surface area contributed by atoms with Gasteiger partial charge in [-0.15, -0.1) is 0 Å². The van der Waals surface area contributed by atoms with E-state index in [1.807, 2.05) is 6.92 Å².